The summed E-state index contributed by atoms with van der Waals surface area (Å²) in [4.78, 5) is 8.78. The fourth-order valence-corrected chi connectivity index (χ4v) is 2.60. The molecule has 0 saturated heterocycles. The molecule has 7 heteroatoms. The maximum absolute atomic E-state index is 5.90. The van der Waals surface area contributed by atoms with E-state index in [-0.39, 0.29) is 5.92 Å². The standard InChI is InChI=1S/C16H18ClN5O/c1-10(2)16(3,12-5-6-13(17)18-8-12)15-20-14(23-21-15)11-7-19-22(4)9-11/h5-10H,1-4H3. The Labute approximate surface area is 139 Å². The van der Waals surface area contributed by atoms with E-state index >= 15 is 0 Å². The van der Waals surface area contributed by atoms with Crippen LogP contribution in [0.4, 0.5) is 0 Å². The van der Waals surface area contributed by atoms with Crippen molar-refractivity contribution in [2.75, 3.05) is 0 Å². The summed E-state index contributed by atoms with van der Waals surface area (Å²) in [5.41, 5.74) is 1.36. The van der Waals surface area contributed by atoms with E-state index in [1.807, 2.05) is 19.3 Å². The Bertz CT molecular complexity index is 808. The smallest absolute Gasteiger partial charge is 0.261 e. The summed E-state index contributed by atoms with van der Waals surface area (Å²) in [5, 5.41) is 8.80. The highest BCUT2D eigenvalue weighted by Gasteiger charge is 2.38. The van der Waals surface area contributed by atoms with E-state index in [0.29, 0.717) is 16.9 Å². The van der Waals surface area contributed by atoms with Crippen LogP contribution in [0, 0.1) is 5.92 Å². The van der Waals surface area contributed by atoms with Gasteiger partial charge in [-0.05, 0) is 24.5 Å². The van der Waals surface area contributed by atoms with E-state index in [1.54, 1.807) is 23.1 Å². The molecule has 23 heavy (non-hydrogen) atoms. The van der Waals surface area contributed by atoms with Gasteiger partial charge >= 0.3 is 0 Å². The van der Waals surface area contributed by atoms with Crippen molar-refractivity contribution in [1.82, 2.24) is 24.9 Å². The summed E-state index contributed by atoms with van der Waals surface area (Å²) in [6, 6.07) is 3.73. The zero-order valence-corrected chi connectivity index (χ0v) is 14.2. The average Bonchev–Trinajstić information content (AvgIpc) is 3.16. The maximum atomic E-state index is 5.90. The van der Waals surface area contributed by atoms with Gasteiger partial charge in [0.1, 0.15) is 5.15 Å². The van der Waals surface area contributed by atoms with E-state index in [2.05, 4.69) is 41.0 Å². The number of nitrogens with zero attached hydrogens (tertiary/aromatic N) is 5. The fourth-order valence-electron chi connectivity index (χ4n) is 2.49. The number of hydrogen-bond acceptors (Lipinski definition) is 5. The average molecular weight is 332 g/mol. The Morgan fingerprint density at radius 3 is 2.61 bits per heavy atom. The number of aromatic nitrogens is 5. The highest BCUT2D eigenvalue weighted by Crippen LogP contribution is 2.37. The minimum Gasteiger partial charge on any atom is -0.334 e. The Morgan fingerprint density at radius 2 is 2.04 bits per heavy atom. The van der Waals surface area contributed by atoms with E-state index in [9.17, 15) is 0 Å². The topological polar surface area (TPSA) is 69.6 Å². The van der Waals surface area contributed by atoms with Crippen LogP contribution in [0.25, 0.3) is 11.5 Å². The molecule has 0 radical (unpaired) electrons. The number of hydrogen-bond donors (Lipinski definition) is 0. The molecule has 0 saturated carbocycles. The van der Waals surface area contributed by atoms with Gasteiger partial charge in [-0.1, -0.05) is 36.7 Å². The van der Waals surface area contributed by atoms with Crippen molar-refractivity contribution in [3.63, 3.8) is 0 Å². The Balaban J connectivity index is 2.05. The first kappa shape index (κ1) is 15.7. The molecule has 0 bridgehead atoms. The van der Waals surface area contributed by atoms with Crippen LogP contribution in [0.5, 0.6) is 0 Å². The first-order valence-corrected chi connectivity index (χ1v) is 7.74. The first-order valence-electron chi connectivity index (χ1n) is 7.36. The lowest BCUT2D eigenvalue weighted by Crippen LogP contribution is -2.31. The summed E-state index contributed by atoms with van der Waals surface area (Å²) in [6.45, 7) is 6.32. The lowest BCUT2D eigenvalue weighted by atomic mass is 9.73. The van der Waals surface area contributed by atoms with Gasteiger partial charge in [-0.25, -0.2) is 4.98 Å². The molecular weight excluding hydrogens is 314 g/mol. The fraction of sp³-hybridized carbons (Fsp3) is 0.375. The molecule has 3 aromatic heterocycles. The van der Waals surface area contributed by atoms with Crippen molar-refractivity contribution in [1.29, 1.82) is 0 Å². The summed E-state index contributed by atoms with van der Waals surface area (Å²) in [7, 11) is 1.85. The number of aryl methyl sites for hydroxylation is 1. The predicted octanol–water partition coefficient (Wildman–Crippen LogP) is 3.48. The Hall–Kier alpha value is -2.21. The van der Waals surface area contributed by atoms with Crippen molar-refractivity contribution >= 4 is 11.6 Å². The summed E-state index contributed by atoms with van der Waals surface area (Å²) in [6.07, 6.45) is 5.31. The number of pyridine rings is 1. The van der Waals surface area contributed by atoms with Gasteiger partial charge in [0.2, 0.25) is 0 Å². The van der Waals surface area contributed by atoms with E-state index in [0.717, 1.165) is 11.1 Å². The van der Waals surface area contributed by atoms with Crippen LogP contribution in [0.15, 0.2) is 35.2 Å². The second-order valence-corrected chi connectivity index (χ2v) is 6.44. The molecule has 120 valence electrons. The van der Waals surface area contributed by atoms with Gasteiger partial charge < -0.3 is 4.52 Å². The molecule has 3 heterocycles. The summed E-state index contributed by atoms with van der Waals surface area (Å²) >= 11 is 5.90. The molecule has 6 nitrogen and oxygen atoms in total. The third kappa shape index (κ3) is 2.74. The van der Waals surface area contributed by atoms with Gasteiger partial charge in [0.25, 0.3) is 5.89 Å². The third-order valence-electron chi connectivity index (χ3n) is 4.32. The summed E-state index contributed by atoms with van der Waals surface area (Å²) < 4.78 is 7.14. The molecule has 1 atom stereocenters. The van der Waals surface area contributed by atoms with E-state index in [4.69, 9.17) is 16.1 Å². The second-order valence-electron chi connectivity index (χ2n) is 6.05. The lowest BCUT2D eigenvalue weighted by molar-refractivity contribution is 0.350. The van der Waals surface area contributed by atoms with E-state index in [1.165, 1.54) is 0 Å². The molecule has 1 unspecified atom stereocenters. The van der Waals surface area contributed by atoms with Crippen LogP contribution >= 0.6 is 11.6 Å². The van der Waals surface area contributed by atoms with Gasteiger partial charge in [-0.3, -0.25) is 4.68 Å². The minimum absolute atomic E-state index is 0.241. The number of rotatable bonds is 4. The van der Waals surface area contributed by atoms with Crippen molar-refractivity contribution in [3.8, 4) is 11.5 Å². The molecule has 3 aromatic rings. The van der Waals surface area contributed by atoms with Crippen LogP contribution in [0.2, 0.25) is 5.15 Å². The van der Waals surface area contributed by atoms with Crippen molar-refractivity contribution < 1.29 is 4.52 Å². The van der Waals surface area contributed by atoms with Gasteiger partial charge in [0, 0.05) is 19.4 Å². The molecule has 0 aliphatic carbocycles. The van der Waals surface area contributed by atoms with Crippen LogP contribution < -0.4 is 0 Å². The normalized spacial score (nSPS) is 14.2. The molecule has 0 spiro atoms. The molecule has 0 aliphatic rings. The van der Waals surface area contributed by atoms with Gasteiger partial charge in [-0.2, -0.15) is 10.1 Å². The quantitative estimate of drug-likeness (QED) is 0.684. The van der Waals surface area contributed by atoms with Crippen molar-refractivity contribution in [2.24, 2.45) is 13.0 Å². The molecule has 0 fully saturated rings. The van der Waals surface area contributed by atoms with Crippen molar-refractivity contribution in [2.45, 2.75) is 26.2 Å². The largest absolute Gasteiger partial charge is 0.334 e. The first-order chi connectivity index (χ1) is 10.9. The monoisotopic (exact) mass is 331 g/mol. The molecule has 0 aromatic carbocycles. The van der Waals surface area contributed by atoms with Gasteiger partial charge in [-0.15, -0.1) is 0 Å². The maximum Gasteiger partial charge on any atom is 0.261 e. The Morgan fingerprint density at radius 1 is 1.26 bits per heavy atom. The van der Waals surface area contributed by atoms with Crippen LogP contribution in [-0.2, 0) is 12.5 Å². The van der Waals surface area contributed by atoms with Crippen LogP contribution in [0.1, 0.15) is 32.2 Å². The van der Waals surface area contributed by atoms with E-state index < -0.39 is 5.41 Å². The SMILES string of the molecule is CC(C)C(C)(c1ccc(Cl)nc1)c1noc(-c2cnn(C)c2)n1. The van der Waals surface area contributed by atoms with Crippen LogP contribution in [-0.4, -0.2) is 24.9 Å². The third-order valence-corrected chi connectivity index (χ3v) is 4.55. The number of halogens is 1. The highest BCUT2D eigenvalue weighted by atomic mass is 35.5. The summed E-state index contributed by atoms with van der Waals surface area (Å²) in [5.74, 6) is 1.32. The zero-order valence-electron chi connectivity index (χ0n) is 13.5. The molecule has 3 rings (SSSR count). The van der Waals surface area contributed by atoms with Crippen LogP contribution in [0.3, 0.4) is 0 Å². The highest BCUT2D eigenvalue weighted by molar-refractivity contribution is 6.29. The minimum atomic E-state index is -0.429. The lowest BCUT2D eigenvalue weighted by Gasteiger charge is -2.30. The second kappa shape index (κ2) is 5.77. The molecular formula is C16H18ClN5O. The Kier molecular flexibility index (Phi) is 3.93. The van der Waals surface area contributed by atoms with Crippen molar-refractivity contribution in [3.05, 3.63) is 47.3 Å². The predicted molar refractivity (Wildman–Crippen MR) is 87.0 cm³/mol. The molecule has 0 N–H and O–H groups in total. The molecule has 0 aliphatic heterocycles. The molecule has 0 amide bonds. The zero-order chi connectivity index (χ0) is 16.6. The van der Waals surface area contributed by atoms with Gasteiger partial charge in [0.15, 0.2) is 5.82 Å². The van der Waals surface area contributed by atoms with Gasteiger partial charge in [0.05, 0.1) is 17.2 Å².